The van der Waals surface area contributed by atoms with Crippen molar-refractivity contribution in [1.82, 2.24) is 10.9 Å². The van der Waals surface area contributed by atoms with Gasteiger partial charge in [-0.3, -0.25) is 10.2 Å². The minimum absolute atomic E-state index is 0.0718. The molecule has 3 atom stereocenters. The van der Waals surface area contributed by atoms with Gasteiger partial charge in [0, 0.05) is 11.3 Å². The number of hydrogen-bond acceptors (Lipinski definition) is 6. The Morgan fingerprint density at radius 1 is 1.14 bits per heavy atom. The van der Waals surface area contributed by atoms with Crippen LogP contribution in [-0.2, 0) is 6.18 Å². The molecule has 0 saturated carbocycles. The molecule has 0 aliphatic rings. The summed E-state index contributed by atoms with van der Waals surface area (Å²) in [5, 5.41) is 31.6. The van der Waals surface area contributed by atoms with Crippen LogP contribution in [0.2, 0.25) is 0 Å². The number of halogens is 3. The second-order valence-electron chi connectivity index (χ2n) is 6.19. The Morgan fingerprint density at radius 3 is 2.34 bits per heavy atom. The van der Waals surface area contributed by atoms with Crippen LogP contribution in [-0.4, -0.2) is 34.5 Å². The summed E-state index contributed by atoms with van der Waals surface area (Å²) in [7, 11) is 0. The van der Waals surface area contributed by atoms with Crippen LogP contribution in [0.5, 0.6) is 0 Å². The van der Waals surface area contributed by atoms with Crippen LogP contribution in [0.3, 0.4) is 0 Å². The Balaban J connectivity index is 2.12. The Hall–Kier alpha value is -3.13. The number of nitriles is 1. The molecule has 0 fully saturated rings. The minimum atomic E-state index is -4.75. The molecule has 10 heteroatoms. The van der Waals surface area contributed by atoms with Crippen molar-refractivity contribution in [3.8, 4) is 6.07 Å². The molecule has 1 amide bonds. The van der Waals surface area contributed by atoms with E-state index in [1.165, 1.54) is 19.1 Å². The van der Waals surface area contributed by atoms with E-state index in [1.807, 2.05) is 0 Å². The van der Waals surface area contributed by atoms with E-state index < -0.39 is 41.6 Å². The number of hydrazine groups is 1. The van der Waals surface area contributed by atoms with Crippen LogP contribution in [0.4, 0.5) is 18.9 Å². The number of hydrogen-bond donors (Lipinski definition) is 5. The predicted octanol–water partition coefficient (Wildman–Crippen LogP) is 1.99. The van der Waals surface area contributed by atoms with E-state index in [0.29, 0.717) is 11.6 Å². The first kappa shape index (κ1) is 22.2. The van der Waals surface area contributed by atoms with Gasteiger partial charge in [-0.05, 0) is 37.3 Å². The van der Waals surface area contributed by atoms with E-state index in [4.69, 9.17) is 5.26 Å². The summed E-state index contributed by atoms with van der Waals surface area (Å²) in [5.74, 6) is -0.549. The van der Waals surface area contributed by atoms with Crippen LogP contribution in [0.15, 0.2) is 48.5 Å². The number of nitrogens with zero attached hydrogens (tertiary/aromatic N) is 1. The standard InChI is InChI=1S/C19H19F3N4O3/c1-11(27)16(18(29)26-25-17(28)12-5-3-2-4-6-12)24-14-8-7-13(10-23)15(9-14)19(20,21)22/h2-9,11,16,18,24,26-27,29H,1H3,(H,25,28)/t11-,16+,18?/m0/s1. The Kier molecular flexibility index (Phi) is 7.17. The van der Waals surface area contributed by atoms with Gasteiger partial charge in [0.1, 0.15) is 6.23 Å². The maximum absolute atomic E-state index is 13.1. The van der Waals surface area contributed by atoms with Crippen molar-refractivity contribution in [3.63, 3.8) is 0 Å². The average molecular weight is 408 g/mol. The SMILES string of the molecule is C[C@H](O)[C@@H](Nc1ccc(C#N)c(C(F)(F)F)c1)C(O)NNC(=O)c1ccccc1. The van der Waals surface area contributed by atoms with E-state index in [1.54, 1.807) is 30.3 Å². The summed E-state index contributed by atoms with van der Waals surface area (Å²) < 4.78 is 39.3. The van der Waals surface area contributed by atoms with E-state index in [-0.39, 0.29) is 5.69 Å². The van der Waals surface area contributed by atoms with Crippen molar-refractivity contribution in [1.29, 1.82) is 5.26 Å². The van der Waals surface area contributed by atoms with Crippen molar-refractivity contribution in [2.45, 2.75) is 31.5 Å². The highest BCUT2D eigenvalue weighted by Gasteiger charge is 2.34. The molecule has 0 aromatic heterocycles. The van der Waals surface area contributed by atoms with Crippen LogP contribution >= 0.6 is 0 Å². The van der Waals surface area contributed by atoms with Crippen molar-refractivity contribution in [2.75, 3.05) is 5.32 Å². The average Bonchev–Trinajstić information content (AvgIpc) is 2.69. The van der Waals surface area contributed by atoms with Crippen molar-refractivity contribution >= 4 is 11.6 Å². The van der Waals surface area contributed by atoms with Gasteiger partial charge in [-0.1, -0.05) is 18.2 Å². The zero-order valence-electron chi connectivity index (χ0n) is 15.2. The molecule has 0 heterocycles. The predicted molar refractivity (Wildman–Crippen MR) is 98.3 cm³/mol. The lowest BCUT2D eigenvalue weighted by molar-refractivity contribution is -0.137. The molecule has 0 saturated heterocycles. The van der Waals surface area contributed by atoms with E-state index >= 15 is 0 Å². The van der Waals surface area contributed by atoms with Gasteiger partial charge < -0.3 is 15.5 Å². The summed E-state index contributed by atoms with van der Waals surface area (Å²) >= 11 is 0. The fraction of sp³-hybridized carbons (Fsp3) is 0.263. The monoisotopic (exact) mass is 408 g/mol. The molecule has 2 aromatic carbocycles. The maximum atomic E-state index is 13.1. The van der Waals surface area contributed by atoms with Gasteiger partial charge in [-0.25, -0.2) is 5.43 Å². The number of carbonyl (C=O) groups excluding carboxylic acids is 1. The molecule has 1 unspecified atom stereocenters. The van der Waals surface area contributed by atoms with Crippen LogP contribution in [0.25, 0.3) is 0 Å². The van der Waals surface area contributed by atoms with Gasteiger partial charge in [-0.15, -0.1) is 0 Å². The Labute approximate surface area is 164 Å². The molecule has 2 aromatic rings. The Bertz CT molecular complexity index is 883. The molecule has 0 aliphatic carbocycles. The summed E-state index contributed by atoms with van der Waals surface area (Å²) in [6.07, 6.45) is -7.51. The third-order valence-corrected chi connectivity index (χ3v) is 4.01. The van der Waals surface area contributed by atoms with E-state index in [9.17, 15) is 28.2 Å². The second kappa shape index (κ2) is 9.38. The number of rotatable bonds is 7. The van der Waals surface area contributed by atoms with Gasteiger partial charge in [-0.2, -0.15) is 18.4 Å². The third kappa shape index (κ3) is 5.92. The quantitative estimate of drug-likeness (QED) is 0.353. The maximum Gasteiger partial charge on any atom is 0.417 e. The molecule has 5 N–H and O–H groups in total. The minimum Gasteiger partial charge on any atom is -0.391 e. The van der Waals surface area contributed by atoms with Gasteiger partial charge >= 0.3 is 6.18 Å². The number of benzene rings is 2. The fourth-order valence-corrected chi connectivity index (χ4v) is 2.51. The lowest BCUT2D eigenvalue weighted by Gasteiger charge is -2.28. The normalized spacial score (nSPS) is 14.4. The highest BCUT2D eigenvalue weighted by molar-refractivity contribution is 5.93. The van der Waals surface area contributed by atoms with Gasteiger partial charge in [0.25, 0.3) is 5.91 Å². The largest absolute Gasteiger partial charge is 0.417 e. The van der Waals surface area contributed by atoms with Gasteiger partial charge in [0.2, 0.25) is 0 Å². The van der Waals surface area contributed by atoms with E-state index in [0.717, 1.165) is 6.07 Å². The zero-order chi connectivity index (χ0) is 21.6. The smallest absolute Gasteiger partial charge is 0.391 e. The first-order chi connectivity index (χ1) is 13.6. The van der Waals surface area contributed by atoms with Gasteiger partial charge in [0.15, 0.2) is 0 Å². The number of aliphatic hydroxyl groups excluding tert-OH is 2. The molecule has 0 radical (unpaired) electrons. The van der Waals surface area contributed by atoms with Crippen molar-refractivity contribution < 1.29 is 28.2 Å². The molecule has 0 aliphatic heterocycles. The van der Waals surface area contributed by atoms with Crippen LogP contribution in [0, 0.1) is 11.3 Å². The number of carbonyl (C=O) groups is 1. The van der Waals surface area contributed by atoms with Crippen LogP contribution in [0.1, 0.15) is 28.4 Å². The molecule has 0 bridgehead atoms. The van der Waals surface area contributed by atoms with E-state index in [2.05, 4.69) is 16.2 Å². The number of anilines is 1. The molecular weight excluding hydrogens is 389 g/mol. The van der Waals surface area contributed by atoms with Crippen LogP contribution < -0.4 is 16.2 Å². The molecular formula is C19H19F3N4O3. The topological polar surface area (TPSA) is 117 Å². The molecule has 7 nitrogen and oxygen atoms in total. The first-order valence-electron chi connectivity index (χ1n) is 8.48. The molecule has 2 rings (SSSR count). The van der Waals surface area contributed by atoms with Crippen molar-refractivity contribution in [3.05, 3.63) is 65.2 Å². The summed E-state index contributed by atoms with van der Waals surface area (Å²) in [5.41, 5.74) is 3.12. The summed E-state index contributed by atoms with van der Waals surface area (Å²) in [6, 6.07) is 11.3. The Morgan fingerprint density at radius 2 is 1.79 bits per heavy atom. The number of aliphatic hydroxyl groups is 2. The molecule has 154 valence electrons. The lowest BCUT2D eigenvalue weighted by atomic mass is 10.1. The number of alkyl halides is 3. The second-order valence-corrected chi connectivity index (χ2v) is 6.19. The first-order valence-corrected chi connectivity index (χ1v) is 8.48. The summed E-state index contributed by atoms with van der Waals surface area (Å²) in [4.78, 5) is 12.0. The van der Waals surface area contributed by atoms with Gasteiger partial charge in [0.05, 0.1) is 29.3 Å². The fourth-order valence-electron chi connectivity index (χ4n) is 2.51. The molecule has 0 spiro atoms. The summed E-state index contributed by atoms with van der Waals surface area (Å²) in [6.45, 7) is 1.32. The third-order valence-electron chi connectivity index (χ3n) is 4.01. The number of amides is 1. The number of nitrogens with one attached hydrogen (secondary N) is 3. The lowest BCUT2D eigenvalue weighted by Crippen LogP contribution is -2.55. The zero-order valence-corrected chi connectivity index (χ0v) is 15.2. The highest BCUT2D eigenvalue weighted by atomic mass is 19.4. The highest BCUT2D eigenvalue weighted by Crippen LogP contribution is 2.33. The molecule has 29 heavy (non-hydrogen) atoms. The van der Waals surface area contributed by atoms with Crippen molar-refractivity contribution in [2.24, 2.45) is 0 Å².